The second kappa shape index (κ2) is 6.20. The molecule has 0 aliphatic carbocycles. The van der Waals surface area contributed by atoms with Crippen molar-refractivity contribution in [1.29, 1.82) is 0 Å². The number of hydrogen-bond donors (Lipinski definition) is 1. The highest BCUT2D eigenvalue weighted by Crippen LogP contribution is 2.17. The zero-order valence-corrected chi connectivity index (χ0v) is 11.0. The minimum Gasteiger partial charge on any atom is -0.308 e. The zero-order chi connectivity index (χ0) is 12.1. The monoisotopic (exact) mass is 250 g/mol. The number of halogens is 1. The van der Waals surface area contributed by atoms with Crippen molar-refractivity contribution in [1.82, 2.24) is 10.2 Å². The van der Waals surface area contributed by atoms with E-state index in [4.69, 9.17) is 11.6 Å². The smallest absolute Gasteiger partial charge is 0.0449 e. The van der Waals surface area contributed by atoms with Crippen LogP contribution in [-0.2, 0) is 0 Å². The van der Waals surface area contributed by atoms with E-state index in [1.807, 2.05) is 0 Å². The average molecular weight is 251 g/mol. The molecular weight excluding hydrogens is 232 g/mol. The maximum absolute atomic E-state index is 5.72. The predicted octanol–water partition coefficient (Wildman–Crippen LogP) is 2.78. The van der Waals surface area contributed by atoms with Crippen LogP contribution >= 0.6 is 11.6 Å². The maximum Gasteiger partial charge on any atom is 0.0449 e. The lowest BCUT2D eigenvalue weighted by Gasteiger charge is -2.34. The Hall–Kier alpha value is -0.830. The van der Waals surface area contributed by atoms with E-state index in [0.29, 0.717) is 6.04 Å². The Morgan fingerprint density at radius 2 is 2.24 bits per heavy atom. The fourth-order valence-electron chi connectivity index (χ4n) is 2.25. The molecule has 1 aromatic rings. The molecule has 92 valence electrons. The van der Waals surface area contributed by atoms with Crippen molar-refractivity contribution < 1.29 is 0 Å². The molecule has 0 aromatic heterocycles. The van der Waals surface area contributed by atoms with E-state index in [1.165, 1.54) is 11.1 Å². The molecule has 1 N–H and O–H groups in total. The quantitative estimate of drug-likeness (QED) is 0.888. The maximum atomic E-state index is 5.72. The van der Waals surface area contributed by atoms with Gasteiger partial charge in [-0.2, -0.15) is 0 Å². The first-order valence-electron chi connectivity index (χ1n) is 6.06. The van der Waals surface area contributed by atoms with E-state index in [2.05, 4.69) is 47.5 Å². The van der Waals surface area contributed by atoms with Gasteiger partial charge in [0.25, 0.3) is 0 Å². The third-order valence-electron chi connectivity index (χ3n) is 3.12. The highest BCUT2D eigenvalue weighted by atomic mass is 35.5. The van der Waals surface area contributed by atoms with Crippen LogP contribution in [0.5, 0.6) is 0 Å². The summed E-state index contributed by atoms with van der Waals surface area (Å²) in [5, 5.41) is 3.56. The normalized spacial score (nSPS) is 22.7. The SMILES string of the molecule is C/C(=C/Cl)CN1CCNC(c2ccccc2)C1. The number of piperazine rings is 1. The lowest BCUT2D eigenvalue weighted by Crippen LogP contribution is -2.46. The van der Waals surface area contributed by atoms with Crippen molar-refractivity contribution in [2.24, 2.45) is 0 Å². The number of benzene rings is 1. The molecule has 1 heterocycles. The Kier molecular flexibility index (Phi) is 4.60. The van der Waals surface area contributed by atoms with Gasteiger partial charge in [0, 0.05) is 37.8 Å². The van der Waals surface area contributed by atoms with Crippen LogP contribution in [0.15, 0.2) is 41.4 Å². The predicted molar refractivity (Wildman–Crippen MR) is 73.2 cm³/mol. The average Bonchev–Trinajstić information content (AvgIpc) is 2.40. The van der Waals surface area contributed by atoms with Gasteiger partial charge in [0.15, 0.2) is 0 Å². The minimum atomic E-state index is 0.438. The molecule has 0 amide bonds. The second-order valence-electron chi connectivity index (χ2n) is 4.61. The van der Waals surface area contributed by atoms with E-state index in [-0.39, 0.29) is 0 Å². The Morgan fingerprint density at radius 1 is 1.47 bits per heavy atom. The first kappa shape index (κ1) is 12.6. The molecule has 0 bridgehead atoms. The van der Waals surface area contributed by atoms with E-state index < -0.39 is 0 Å². The summed E-state index contributed by atoms with van der Waals surface area (Å²) in [6.45, 7) is 6.22. The Balaban J connectivity index is 1.98. The molecule has 0 radical (unpaired) electrons. The highest BCUT2D eigenvalue weighted by molar-refractivity contribution is 6.25. The largest absolute Gasteiger partial charge is 0.308 e. The third kappa shape index (κ3) is 3.56. The summed E-state index contributed by atoms with van der Waals surface area (Å²) < 4.78 is 0. The van der Waals surface area contributed by atoms with Crippen LogP contribution in [0, 0.1) is 0 Å². The van der Waals surface area contributed by atoms with Gasteiger partial charge < -0.3 is 5.32 Å². The summed E-state index contributed by atoms with van der Waals surface area (Å²) in [4.78, 5) is 2.45. The number of hydrogen-bond acceptors (Lipinski definition) is 2. The molecule has 2 nitrogen and oxygen atoms in total. The van der Waals surface area contributed by atoms with Gasteiger partial charge in [-0.05, 0) is 18.1 Å². The van der Waals surface area contributed by atoms with E-state index in [1.54, 1.807) is 5.54 Å². The van der Waals surface area contributed by atoms with Gasteiger partial charge in [0.2, 0.25) is 0 Å². The summed E-state index contributed by atoms with van der Waals surface area (Å²) in [5.74, 6) is 0. The van der Waals surface area contributed by atoms with Crippen LogP contribution in [0.2, 0.25) is 0 Å². The van der Waals surface area contributed by atoms with Crippen molar-refractivity contribution in [2.75, 3.05) is 26.2 Å². The molecule has 17 heavy (non-hydrogen) atoms. The zero-order valence-electron chi connectivity index (χ0n) is 10.2. The Morgan fingerprint density at radius 3 is 2.94 bits per heavy atom. The highest BCUT2D eigenvalue weighted by Gasteiger charge is 2.20. The topological polar surface area (TPSA) is 15.3 Å². The fourth-order valence-corrected chi connectivity index (χ4v) is 2.32. The fraction of sp³-hybridized carbons (Fsp3) is 0.429. The Bertz CT molecular complexity index is 375. The summed E-state index contributed by atoms with van der Waals surface area (Å²) in [5.41, 5.74) is 4.27. The van der Waals surface area contributed by atoms with Crippen LogP contribution in [0.25, 0.3) is 0 Å². The molecule has 1 aliphatic rings. The number of nitrogens with zero attached hydrogens (tertiary/aromatic N) is 1. The summed E-state index contributed by atoms with van der Waals surface area (Å²) in [6.07, 6.45) is 0. The van der Waals surface area contributed by atoms with Crippen LogP contribution in [0.3, 0.4) is 0 Å². The second-order valence-corrected chi connectivity index (χ2v) is 4.83. The van der Waals surface area contributed by atoms with E-state index in [9.17, 15) is 0 Å². The molecule has 0 spiro atoms. The summed E-state index contributed by atoms with van der Waals surface area (Å²) in [7, 11) is 0. The molecule has 3 heteroatoms. The molecule has 1 unspecified atom stereocenters. The van der Waals surface area contributed by atoms with Crippen molar-refractivity contribution >= 4 is 11.6 Å². The van der Waals surface area contributed by atoms with Gasteiger partial charge in [-0.15, -0.1) is 0 Å². The first-order chi connectivity index (χ1) is 8.29. The molecule has 1 aromatic carbocycles. The number of rotatable bonds is 3. The minimum absolute atomic E-state index is 0.438. The molecule has 1 fully saturated rings. The van der Waals surface area contributed by atoms with Gasteiger partial charge >= 0.3 is 0 Å². The van der Waals surface area contributed by atoms with Gasteiger partial charge in [-0.3, -0.25) is 4.90 Å². The number of nitrogens with one attached hydrogen (secondary N) is 1. The van der Waals surface area contributed by atoms with E-state index in [0.717, 1.165) is 26.2 Å². The van der Waals surface area contributed by atoms with Crippen molar-refractivity contribution in [2.45, 2.75) is 13.0 Å². The molecule has 2 rings (SSSR count). The van der Waals surface area contributed by atoms with Crippen LogP contribution < -0.4 is 5.32 Å². The van der Waals surface area contributed by atoms with Gasteiger partial charge in [0.1, 0.15) is 0 Å². The lowest BCUT2D eigenvalue weighted by atomic mass is 10.0. The molecule has 0 saturated carbocycles. The van der Waals surface area contributed by atoms with Crippen LogP contribution in [0.1, 0.15) is 18.5 Å². The standard InChI is InChI=1S/C14H19ClN2/c1-12(9-15)10-17-8-7-16-14(11-17)13-5-3-2-4-6-13/h2-6,9,14,16H,7-8,10-11H2,1H3/b12-9-. The Labute approximate surface area is 108 Å². The van der Waals surface area contributed by atoms with Gasteiger partial charge in [0.05, 0.1) is 0 Å². The van der Waals surface area contributed by atoms with Gasteiger partial charge in [-0.1, -0.05) is 41.9 Å². The van der Waals surface area contributed by atoms with E-state index >= 15 is 0 Å². The lowest BCUT2D eigenvalue weighted by molar-refractivity contribution is 0.215. The molecule has 1 atom stereocenters. The first-order valence-corrected chi connectivity index (χ1v) is 6.50. The summed E-state index contributed by atoms with van der Waals surface area (Å²) in [6, 6.07) is 11.1. The van der Waals surface area contributed by atoms with Crippen molar-refractivity contribution in [3.63, 3.8) is 0 Å². The van der Waals surface area contributed by atoms with Crippen molar-refractivity contribution in [3.8, 4) is 0 Å². The molecule has 1 saturated heterocycles. The third-order valence-corrected chi connectivity index (χ3v) is 3.49. The summed E-state index contributed by atoms with van der Waals surface area (Å²) >= 11 is 5.72. The van der Waals surface area contributed by atoms with Crippen LogP contribution in [-0.4, -0.2) is 31.1 Å². The molecular formula is C14H19ClN2. The van der Waals surface area contributed by atoms with Crippen LogP contribution in [0.4, 0.5) is 0 Å². The van der Waals surface area contributed by atoms with Crippen molar-refractivity contribution in [3.05, 3.63) is 47.0 Å². The van der Waals surface area contributed by atoms with Gasteiger partial charge in [-0.25, -0.2) is 0 Å². The molecule has 1 aliphatic heterocycles.